The van der Waals surface area contributed by atoms with E-state index in [0.29, 0.717) is 5.56 Å². The average Bonchev–Trinajstić information content (AvgIpc) is 2.25. The molecule has 17 heavy (non-hydrogen) atoms. The normalized spacial score (nSPS) is 9.53. The molecule has 0 unspecified atom stereocenters. The zero-order valence-electron chi connectivity index (χ0n) is 9.81. The first kappa shape index (κ1) is 12.8. The van der Waals surface area contributed by atoms with Crippen LogP contribution in [0.1, 0.15) is 5.56 Å². The first-order valence-corrected chi connectivity index (χ1v) is 5.00. The number of primary amides is 2. The number of anilines is 1. The van der Waals surface area contributed by atoms with Crippen LogP contribution in [0.25, 0.3) is 6.08 Å². The number of benzene rings is 1. The molecule has 0 fully saturated rings. The summed E-state index contributed by atoms with van der Waals surface area (Å²) in [5.41, 5.74) is 11.6. The zero-order chi connectivity index (χ0) is 13.0. The minimum absolute atomic E-state index is 0.206. The van der Waals surface area contributed by atoms with Crippen molar-refractivity contribution in [2.75, 3.05) is 19.0 Å². The van der Waals surface area contributed by atoms with Gasteiger partial charge in [-0.25, -0.2) is 0 Å². The van der Waals surface area contributed by atoms with Crippen molar-refractivity contribution < 1.29 is 9.59 Å². The van der Waals surface area contributed by atoms with Gasteiger partial charge >= 0.3 is 0 Å². The van der Waals surface area contributed by atoms with E-state index in [9.17, 15) is 9.59 Å². The number of hydrogen-bond acceptors (Lipinski definition) is 3. The largest absolute Gasteiger partial charge is 0.378 e. The highest BCUT2D eigenvalue weighted by atomic mass is 16.2. The third-order valence-corrected chi connectivity index (χ3v) is 2.25. The molecule has 1 aromatic rings. The van der Waals surface area contributed by atoms with Crippen molar-refractivity contribution in [3.05, 3.63) is 35.4 Å². The zero-order valence-corrected chi connectivity index (χ0v) is 9.81. The van der Waals surface area contributed by atoms with Gasteiger partial charge in [0.25, 0.3) is 11.8 Å². The molecule has 0 saturated heterocycles. The summed E-state index contributed by atoms with van der Waals surface area (Å²) in [5, 5.41) is 0. The highest BCUT2D eigenvalue weighted by molar-refractivity contribution is 6.20. The number of nitrogens with two attached hydrogens (primary N) is 2. The molecule has 0 atom stereocenters. The van der Waals surface area contributed by atoms with Crippen LogP contribution in [0, 0.1) is 0 Å². The molecular formula is C12H15N3O2. The average molecular weight is 233 g/mol. The summed E-state index contributed by atoms with van der Waals surface area (Å²) >= 11 is 0. The van der Waals surface area contributed by atoms with Gasteiger partial charge in [0.2, 0.25) is 0 Å². The molecule has 0 radical (unpaired) electrons. The minimum Gasteiger partial charge on any atom is -0.378 e. The van der Waals surface area contributed by atoms with Gasteiger partial charge in [-0.15, -0.1) is 0 Å². The van der Waals surface area contributed by atoms with E-state index < -0.39 is 11.8 Å². The Hall–Kier alpha value is -2.30. The Kier molecular flexibility index (Phi) is 3.87. The van der Waals surface area contributed by atoms with Crippen LogP contribution in [-0.4, -0.2) is 25.9 Å². The van der Waals surface area contributed by atoms with Gasteiger partial charge in [-0.2, -0.15) is 0 Å². The molecule has 0 spiro atoms. The Bertz CT molecular complexity index is 445. The smallest absolute Gasteiger partial charge is 0.254 e. The standard InChI is InChI=1S/C12H15N3O2/c1-15(2)9-5-3-8(4-6-9)7-10(11(13)16)12(14)17/h3-7H,1-2H3,(H2,13,16)(H2,14,17). The van der Waals surface area contributed by atoms with Gasteiger partial charge in [0.15, 0.2) is 0 Å². The number of amides is 2. The molecule has 0 aliphatic heterocycles. The van der Waals surface area contributed by atoms with Crippen LogP contribution in [0.5, 0.6) is 0 Å². The predicted octanol–water partition coefficient (Wildman–Crippen LogP) is 0.107. The molecule has 0 aliphatic carbocycles. The molecule has 0 bridgehead atoms. The van der Waals surface area contributed by atoms with Gasteiger partial charge < -0.3 is 16.4 Å². The van der Waals surface area contributed by atoms with E-state index in [4.69, 9.17) is 11.5 Å². The first-order valence-electron chi connectivity index (χ1n) is 5.00. The van der Waals surface area contributed by atoms with E-state index in [1.807, 2.05) is 31.1 Å². The van der Waals surface area contributed by atoms with E-state index >= 15 is 0 Å². The summed E-state index contributed by atoms with van der Waals surface area (Å²) in [6, 6.07) is 7.29. The Morgan fingerprint density at radius 3 is 1.88 bits per heavy atom. The maximum Gasteiger partial charge on any atom is 0.254 e. The summed E-state index contributed by atoms with van der Waals surface area (Å²) in [6.07, 6.45) is 1.38. The maximum absolute atomic E-state index is 11.0. The van der Waals surface area contributed by atoms with E-state index in [2.05, 4.69) is 0 Å². The van der Waals surface area contributed by atoms with Crippen molar-refractivity contribution in [1.29, 1.82) is 0 Å². The highest BCUT2D eigenvalue weighted by Crippen LogP contribution is 2.14. The monoisotopic (exact) mass is 233 g/mol. The van der Waals surface area contributed by atoms with Gasteiger partial charge in [0.05, 0.1) is 0 Å². The number of nitrogens with zero attached hydrogens (tertiary/aromatic N) is 1. The fraction of sp³-hybridized carbons (Fsp3) is 0.167. The van der Waals surface area contributed by atoms with Gasteiger partial charge in [-0.05, 0) is 23.8 Å². The van der Waals surface area contributed by atoms with Crippen LogP contribution in [0.15, 0.2) is 29.8 Å². The van der Waals surface area contributed by atoms with Crippen molar-refractivity contribution in [3.63, 3.8) is 0 Å². The van der Waals surface area contributed by atoms with Crippen LogP contribution >= 0.6 is 0 Å². The summed E-state index contributed by atoms with van der Waals surface area (Å²) in [6.45, 7) is 0. The first-order chi connectivity index (χ1) is 7.91. The molecule has 90 valence electrons. The van der Waals surface area contributed by atoms with Crippen LogP contribution in [0.2, 0.25) is 0 Å². The Morgan fingerprint density at radius 1 is 1.06 bits per heavy atom. The number of rotatable bonds is 4. The number of carbonyl (C=O) groups excluding carboxylic acids is 2. The lowest BCUT2D eigenvalue weighted by atomic mass is 10.1. The second-order valence-electron chi connectivity index (χ2n) is 3.77. The van der Waals surface area contributed by atoms with Gasteiger partial charge in [0, 0.05) is 19.8 Å². The van der Waals surface area contributed by atoms with Crippen molar-refractivity contribution in [1.82, 2.24) is 0 Å². The number of carbonyl (C=O) groups is 2. The van der Waals surface area contributed by atoms with E-state index in [1.165, 1.54) is 6.08 Å². The lowest BCUT2D eigenvalue weighted by Crippen LogP contribution is -2.25. The molecule has 5 nitrogen and oxygen atoms in total. The minimum atomic E-state index is -0.825. The van der Waals surface area contributed by atoms with Crippen molar-refractivity contribution in [3.8, 4) is 0 Å². The molecule has 0 aromatic heterocycles. The molecule has 4 N–H and O–H groups in total. The van der Waals surface area contributed by atoms with Crippen LogP contribution < -0.4 is 16.4 Å². The van der Waals surface area contributed by atoms with E-state index in [1.54, 1.807) is 12.1 Å². The fourth-order valence-corrected chi connectivity index (χ4v) is 1.30. The Labute approximate surface area is 99.7 Å². The summed E-state index contributed by atoms with van der Waals surface area (Å²) in [4.78, 5) is 23.9. The molecule has 0 heterocycles. The van der Waals surface area contributed by atoms with Gasteiger partial charge in [-0.3, -0.25) is 9.59 Å². The van der Waals surface area contributed by atoms with Crippen molar-refractivity contribution >= 4 is 23.6 Å². The van der Waals surface area contributed by atoms with Crippen LogP contribution in [-0.2, 0) is 9.59 Å². The van der Waals surface area contributed by atoms with E-state index in [-0.39, 0.29) is 5.57 Å². The predicted molar refractivity (Wildman–Crippen MR) is 67.1 cm³/mol. The third-order valence-electron chi connectivity index (χ3n) is 2.25. The van der Waals surface area contributed by atoms with Crippen molar-refractivity contribution in [2.24, 2.45) is 11.5 Å². The molecule has 5 heteroatoms. The molecular weight excluding hydrogens is 218 g/mol. The second-order valence-corrected chi connectivity index (χ2v) is 3.77. The Morgan fingerprint density at radius 2 is 1.53 bits per heavy atom. The molecule has 2 amide bonds. The summed E-state index contributed by atoms with van der Waals surface area (Å²) in [7, 11) is 3.84. The molecule has 1 rings (SSSR count). The lowest BCUT2D eigenvalue weighted by Gasteiger charge is -2.11. The molecule has 0 aliphatic rings. The van der Waals surface area contributed by atoms with Gasteiger partial charge in [-0.1, -0.05) is 12.1 Å². The molecule has 0 saturated carbocycles. The third kappa shape index (κ3) is 3.34. The summed E-state index contributed by atoms with van der Waals surface area (Å²) < 4.78 is 0. The topological polar surface area (TPSA) is 89.4 Å². The Balaban J connectivity index is 3.05. The summed E-state index contributed by atoms with van der Waals surface area (Å²) in [5.74, 6) is -1.65. The number of hydrogen-bond donors (Lipinski definition) is 2. The quantitative estimate of drug-likeness (QED) is 0.439. The maximum atomic E-state index is 11.0. The highest BCUT2D eigenvalue weighted by Gasteiger charge is 2.11. The van der Waals surface area contributed by atoms with Gasteiger partial charge in [0.1, 0.15) is 5.57 Å². The van der Waals surface area contributed by atoms with E-state index in [0.717, 1.165) is 5.69 Å². The lowest BCUT2D eigenvalue weighted by molar-refractivity contribution is -0.120. The fourth-order valence-electron chi connectivity index (χ4n) is 1.30. The van der Waals surface area contributed by atoms with Crippen molar-refractivity contribution in [2.45, 2.75) is 0 Å². The van der Waals surface area contributed by atoms with Crippen LogP contribution in [0.3, 0.4) is 0 Å². The molecule has 1 aromatic carbocycles. The van der Waals surface area contributed by atoms with Crippen LogP contribution in [0.4, 0.5) is 5.69 Å². The SMILES string of the molecule is CN(C)c1ccc(C=C(C(N)=O)C(N)=O)cc1. The second kappa shape index (κ2) is 5.16.